The number of hydrogen-bond acceptors (Lipinski definition) is 2. The van der Waals surface area contributed by atoms with Crippen molar-refractivity contribution < 1.29 is 0 Å². The average molecular weight is 400 g/mol. The minimum atomic E-state index is 0.588. The largest absolute Gasteiger partial charge is 0.312 e. The minimum absolute atomic E-state index is 0.588. The van der Waals surface area contributed by atoms with Gasteiger partial charge < -0.3 is 4.31 Å². The molecule has 0 N–H and O–H groups in total. The molecule has 1 aliphatic heterocycles. The van der Waals surface area contributed by atoms with Crippen molar-refractivity contribution in [2.24, 2.45) is 0 Å². The molecule has 0 aromatic heterocycles. The number of nitrogens with zero attached hydrogens (tertiary/aromatic N) is 1. The van der Waals surface area contributed by atoms with Crippen LogP contribution in [0, 0.1) is 6.92 Å². The van der Waals surface area contributed by atoms with Gasteiger partial charge in [-0.2, -0.15) is 0 Å². The average Bonchev–Trinajstić information content (AvgIpc) is 2.64. The predicted molar refractivity (Wildman–Crippen MR) is 115 cm³/mol. The van der Waals surface area contributed by atoms with Crippen molar-refractivity contribution in [3.05, 3.63) is 81.8 Å². The molecule has 0 atom stereocenters. The zero-order valence-corrected chi connectivity index (χ0v) is 16.8. The van der Waals surface area contributed by atoms with Crippen LogP contribution in [0.5, 0.6) is 0 Å². The fourth-order valence-corrected chi connectivity index (χ4v) is 4.71. The Labute approximate surface area is 169 Å². The molecule has 0 spiro atoms. The van der Waals surface area contributed by atoms with Crippen molar-refractivity contribution in [3.63, 3.8) is 0 Å². The first-order valence-electron chi connectivity index (χ1n) is 8.71. The molecule has 1 nitrogen and oxygen atoms in total. The van der Waals surface area contributed by atoms with E-state index in [1.54, 1.807) is 0 Å². The molecule has 0 aliphatic carbocycles. The third-order valence-corrected chi connectivity index (χ3v) is 6.42. The van der Waals surface area contributed by atoms with Crippen LogP contribution in [-0.4, -0.2) is 6.54 Å². The first kappa shape index (κ1) is 17.8. The number of anilines is 1. The summed E-state index contributed by atoms with van der Waals surface area (Å²) >= 11 is 14.1. The molecule has 0 unspecified atom stereocenters. The highest BCUT2D eigenvalue weighted by atomic mass is 35.5. The number of hydrogen-bond donors (Lipinski definition) is 0. The summed E-state index contributed by atoms with van der Waals surface area (Å²) in [6.45, 7) is 3.19. The first-order valence-corrected chi connectivity index (χ1v) is 10.2. The Hall–Kier alpha value is -1.61. The topological polar surface area (TPSA) is 3.24 Å². The van der Waals surface area contributed by atoms with Crippen LogP contribution in [0.25, 0.3) is 11.1 Å². The van der Waals surface area contributed by atoms with Crippen LogP contribution in [0.2, 0.25) is 10.0 Å². The Balaban J connectivity index is 1.69. The second-order valence-electron chi connectivity index (χ2n) is 6.59. The monoisotopic (exact) mass is 399 g/mol. The van der Waals surface area contributed by atoms with Crippen LogP contribution < -0.4 is 4.31 Å². The number of rotatable bonds is 3. The van der Waals surface area contributed by atoms with E-state index in [1.165, 1.54) is 33.7 Å². The van der Waals surface area contributed by atoms with Crippen molar-refractivity contribution >= 4 is 40.8 Å². The molecule has 0 saturated carbocycles. The second-order valence-corrected chi connectivity index (χ2v) is 8.49. The van der Waals surface area contributed by atoms with Gasteiger partial charge >= 0.3 is 0 Å². The normalized spacial score (nSPS) is 13.6. The van der Waals surface area contributed by atoms with Crippen LogP contribution in [-0.2, 0) is 6.42 Å². The van der Waals surface area contributed by atoms with Crippen LogP contribution in [0.4, 0.5) is 5.69 Å². The van der Waals surface area contributed by atoms with Gasteiger partial charge in [-0.05, 0) is 84.3 Å². The van der Waals surface area contributed by atoms with E-state index in [0.29, 0.717) is 10.0 Å². The summed E-state index contributed by atoms with van der Waals surface area (Å²) in [7, 11) is 0. The molecule has 4 heteroatoms. The van der Waals surface area contributed by atoms with E-state index in [4.69, 9.17) is 23.2 Å². The van der Waals surface area contributed by atoms with E-state index >= 15 is 0 Å². The van der Waals surface area contributed by atoms with Crippen molar-refractivity contribution in [2.45, 2.75) is 24.7 Å². The van der Waals surface area contributed by atoms with Gasteiger partial charge in [0.15, 0.2) is 0 Å². The Morgan fingerprint density at radius 1 is 0.885 bits per heavy atom. The van der Waals surface area contributed by atoms with Crippen LogP contribution in [0.1, 0.15) is 17.5 Å². The van der Waals surface area contributed by atoms with E-state index in [9.17, 15) is 0 Å². The zero-order valence-electron chi connectivity index (χ0n) is 14.5. The van der Waals surface area contributed by atoms with Crippen molar-refractivity contribution in [1.29, 1.82) is 0 Å². The van der Waals surface area contributed by atoms with Crippen LogP contribution in [0.15, 0.2) is 65.6 Å². The highest BCUT2D eigenvalue weighted by Crippen LogP contribution is 2.39. The fraction of sp³-hybridized carbons (Fsp3) is 0.182. The van der Waals surface area contributed by atoms with Gasteiger partial charge in [0, 0.05) is 11.4 Å². The van der Waals surface area contributed by atoms with Gasteiger partial charge in [0.2, 0.25) is 0 Å². The summed E-state index contributed by atoms with van der Waals surface area (Å²) in [5, 5.41) is 1.18. The molecule has 132 valence electrons. The molecule has 3 aromatic rings. The van der Waals surface area contributed by atoms with Gasteiger partial charge in [0.1, 0.15) is 0 Å². The molecule has 0 radical (unpaired) electrons. The van der Waals surface area contributed by atoms with E-state index in [0.717, 1.165) is 18.5 Å². The highest BCUT2D eigenvalue weighted by Gasteiger charge is 2.19. The Bertz CT molecular complexity index is 955. The van der Waals surface area contributed by atoms with Gasteiger partial charge in [-0.15, -0.1) is 0 Å². The lowest BCUT2D eigenvalue weighted by Crippen LogP contribution is -2.22. The standard InChI is InChI=1S/C22H19Cl2NS/c1-15-4-2-6-19(12-15)26-25-11-3-5-16-7-8-18(14-22(16)25)17-9-10-20(23)21(24)13-17/h2,4,6-10,12-14H,3,5,11H2,1H3. The van der Waals surface area contributed by atoms with Crippen molar-refractivity contribution in [1.82, 2.24) is 0 Å². The van der Waals surface area contributed by atoms with Crippen LogP contribution >= 0.6 is 35.1 Å². The third-order valence-electron chi connectivity index (χ3n) is 4.62. The van der Waals surface area contributed by atoms with Gasteiger partial charge in [-0.3, -0.25) is 0 Å². The maximum atomic E-state index is 6.21. The quantitative estimate of drug-likeness (QED) is 0.421. The number of halogens is 2. The number of fused-ring (bicyclic) bond motifs is 1. The van der Waals surface area contributed by atoms with Crippen LogP contribution in [0.3, 0.4) is 0 Å². The van der Waals surface area contributed by atoms with Gasteiger partial charge in [0.25, 0.3) is 0 Å². The van der Waals surface area contributed by atoms with E-state index < -0.39 is 0 Å². The SMILES string of the molecule is Cc1cccc(SN2CCCc3ccc(-c4ccc(Cl)c(Cl)c4)cc32)c1. The molecule has 1 aliphatic rings. The van der Waals surface area contributed by atoms with Crippen molar-refractivity contribution in [3.8, 4) is 11.1 Å². The number of benzene rings is 3. The molecule has 1 heterocycles. The fourth-order valence-electron chi connectivity index (χ4n) is 3.29. The van der Waals surface area contributed by atoms with E-state index in [2.05, 4.69) is 53.7 Å². The first-order chi connectivity index (χ1) is 12.6. The molecule has 0 amide bonds. The lowest BCUT2D eigenvalue weighted by atomic mass is 9.98. The molecule has 26 heavy (non-hydrogen) atoms. The Morgan fingerprint density at radius 2 is 1.69 bits per heavy atom. The summed E-state index contributed by atoms with van der Waals surface area (Å²) in [6.07, 6.45) is 2.31. The second kappa shape index (κ2) is 7.56. The van der Waals surface area contributed by atoms with E-state index in [-0.39, 0.29) is 0 Å². The summed E-state index contributed by atoms with van der Waals surface area (Å²) in [6, 6.07) is 21.2. The smallest absolute Gasteiger partial charge is 0.0598 e. The third kappa shape index (κ3) is 3.73. The molecule has 3 aromatic carbocycles. The Morgan fingerprint density at radius 3 is 2.50 bits per heavy atom. The summed E-state index contributed by atoms with van der Waals surface area (Å²) in [5.74, 6) is 0. The molecular formula is C22H19Cl2NS. The predicted octanol–water partition coefficient (Wildman–Crippen LogP) is 7.43. The zero-order chi connectivity index (χ0) is 18.1. The molecule has 0 bridgehead atoms. The molecule has 0 fully saturated rings. The van der Waals surface area contributed by atoms with Gasteiger partial charge in [0.05, 0.1) is 15.7 Å². The molecule has 0 saturated heterocycles. The molecule has 4 rings (SSSR count). The lowest BCUT2D eigenvalue weighted by molar-refractivity contribution is 0.795. The summed E-state index contributed by atoms with van der Waals surface area (Å²) < 4.78 is 2.41. The summed E-state index contributed by atoms with van der Waals surface area (Å²) in [4.78, 5) is 1.28. The molecular weight excluding hydrogens is 381 g/mol. The van der Waals surface area contributed by atoms with E-state index in [1.807, 2.05) is 30.1 Å². The van der Waals surface area contributed by atoms with Gasteiger partial charge in [-0.1, -0.05) is 53.5 Å². The Kier molecular flexibility index (Phi) is 5.17. The highest BCUT2D eigenvalue weighted by molar-refractivity contribution is 8.00. The maximum absolute atomic E-state index is 6.21. The van der Waals surface area contributed by atoms with Crippen molar-refractivity contribution in [2.75, 3.05) is 10.8 Å². The maximum Gasteiger partial charge on any atom is 0.0598 e. The minimum Gasteiger partial charge on any atom is -0.312 e. The van der Waals surface area contributed by atoms with Gasteiger partial charge in [-0.25, -0.2) is 0 Å². The number of aryl methyl sites for hydroxylation is 2. The lowest BCUT2D eigenvalue weighted by Gasteiger charge is -2.30. The summed E-state index contributed by atoms with van der Waals surface area (Å²) in [5.41, 5.74) is 6.25.